The smallest absolute Gasteiger partial charge is 0.316 e. The largest absolute Gasteiger partial charge is 0.387 e. The Balaban J connectivity index is 2.15. The van der Waals surface area contributed by atoms with Crippen LogP contribution in [0.3, 0.4) is 0 Å². The number of hydrogen-bond donors (Lipinski definition) is 5. The van der Waals surface area contributed by atoms with Crippen molar-refractivity contribution in [3.05, 3.63) is 15.9 Å². The second-order valence-electron chi connectivity index (χ2n) is 4.93. The molecular weight excluding hydrogens is 331 g/mol. The molecule has 2 rings (SSSR count). The van der Waals surface area contributed by atoms with Gasteiger partial charge in [0.05, 0.1) is 12.2 Å². The number of H-pyrrole nitrogens is 1. The Hall–Kier alpha value is -1.49. The molecule has 0 aromatic carbocycles. The van der Waals surface area contributed by atoms with Crippen LogP contribution in [0.15, 0.2) is 4.79 Å². The number of nitrogens with zero attached hydrogens (tertiary/aromatic N) is 1. The molecule has 0 aliphatic carbocycles. The molecular formula is C11H19N4O7P. The lowest BCUT2D eigenvalue weighted by Crippen LogP contribution is -2.39. The van der Waals surface area contributed by atoms with Crippen LogP contribution in [0.25, 0.3) is 0 Å². The van der Waals surface area contributed by atoms with Crippen molar-refractivity contribution in [2.45, 2.75) is 31.5 Å². The van der Waals surface area contributed by atoms with Crippen LogP contribution < -0.4 is 16.6 Å². The summed E-state index contributed by atoms with van der Waals surface area (Å²) in [4.78, 5) is 26.7. The van der Waals surface area contributed by atoms with Gasteiger partial charge in [0.2, 0.25) is 5.95 Å². The summed E-state index contributed by atoms with van der Waals surface area (Å²) < 4.78 is 25.9. The highest BCUT2D eigenvalue weighted by molar-refractivity contribution is 7.32. The summed E-state index contributed by atoms with van der Waals surface area (Å²) in [7, 11) is -1.77. The molecule has 6 N–H and O–H groups in total. The first kappa shape index (κ1) is 17.9. The summed E-state index contributed by atoms with van der Waals surface area (Å²) in [6, 6.07) is 0. The number of nitrogens with two attached hydrogens (primary N) is 1. The number of nitrogen functional groups attached to an aromatic ring is 1. The van der Waals surface area contributed by atoms with Crippen LogP contribution >= 0.6 is 8.25 Å². The van der Waals surface area contributed by atoms with E-state index in [0.717, 1.165) is 0 Å². The minimum absolute atomic E-state index is 0.0747. The molecule has 0 amide bonds. The van der Waals surface area contributed by atoms with Gasteiger partial charge >= 0.3 is 8.25 Å². The van der Waals surface area contributed by atoms with Gasteiger partial charge in [0.15, 0.2) is 6.23 Å². The number of aliphatic hydroxyl groups is 1. The number of rotatable bonds is 6. The zero-order valence-electron chi connectivity index (χ0n) is 12.5. The molecule has 1 aliphatic heterocycles. The number of ether oxygens (including phenoxy) is 2. The van der Waals surface area contributed by atoms with Gasteiger partial charge in [-0.1, -0.05) is 0 Å². The summed E-state index contributed by atoms with van der Waals surface area (Å²) in [6.45, 7) is 1.26. The molecule has 1 fully saturated rings. The highest BCUT2D eigenvalue weighted by atomic mass is 31.1. The topological polar surface area (TPSA) is 169 Å². The van der Waals surface area contributed by atoms with Gasteiger partial charge in [0.25, 0.3) is 5.56 Å². The summed E-state index contributed by atoms with van der Waals surface area (Å²) in [5.74, 6) is 0.108. The van der Waals surface area contributed by atoms with Gasteiger partial charge in [0.1, 0.15) is 24.1 Å². The maximum atomic E-state index is 11.7. The van der Waals surface area contributed by atoms with Crippen LogP contribution in [-0.4, -0.2) is 58.2 Å². The number of aliphatic hydroxyl groups excluding tert-OH is 1. The third kappa shape index (κ3) is 4.08. The fourth-order valence-corrected chi connectivity index (χ4v) is 2.54. The first-order valence-corrected chi connectivity index (χ1v) is 7.94. The zero-order valence-corrected chi connectivity index (χ0v) is 13.5. The highest BCUT2D eigenvalue weighted by Gasteiger charge is 2.44. The summed E-state index contributed by atoms with van der Waals surface area (Å²) in [6.07, 6.45) is -3.62. The van der Waals surface area contributed by atoms with Gasteiger partial charge in [0, 0.05) is 7.11 Å². The van der Waals surface area contributed by atoms with Gasteiger partial charge in [-0.2, -0.15) is 4.98 Å². The molecule has 0 radical (unpaired) electrons. The van der Waals surface area contributed by atoms with Crippen LogP contribution in [0.1, 0.15) is 5.56 Å². The molecule has 0 saturated carbocycles. The fourth-order valence-electron chi connectivity index (χ4n) is 2.23. The molecule has 1 aromatic rings. The maximum absolute atomic E-state index is 11.7. The average Bonchev–Trinajstić information content (AvgIpc) is 2.77. The van der Waals surface area contributed by atoms with Crippen LogP contribution in [0, 0.1) is 6.92 Å². The Morgan fingerprint density at radius 3 is 2.87 bits per heavy atom. The quantitative estimate of drug-likeness (QED) is 0.383. The number of hydrogen-bond acceptors (Lipinski definition) is 9. The van der Waals surface area contributed by atoms with E-state index in [1.807, 2.05) is 0 Å². The number of aromatic amines is 1. The summed E-state index contributed by atoms with van der Waals surface area (Å²) in [5.41, 5.74) is 5.37. The summed E-state index contributed by atoms with van der Waals surface area (Å²) >= 11 is 0. The third-order valence-corrected chi connectivity index (χ3v) is 3.84. The van der Waals surface area contributed by atoms with Crippen LogP contribution in [0.5, 0.6) is 0 Å². The SMILES string of the molecule is CO[C@H]1[C@H](Nc2nc(N)[nH]c(=O)c2C)OC(CO[PH](=O)O)[C@H]1O. The lowest BCUT2D eigenvalue weighted by atomic mass is 10.1. The van der Waals surface area contributed by atoms with Gasteiger partial charge in [-0.3, -0.25) is 14.3 Å². The van der Waals surface area contributed by atoms with Crippen molar-refractivity contribution in [2.24, 2.45) is 0 Å². The molecule has 1 aromatic heterocycles. The van der Waals surface area contributed by atoms with E-state index < -0.39 is 38.4 Å². The molecule has 2 unspecified atom stereocenters. The zero-order chi connectivity index (χ0) is 17.1. The Kier molecular flexibility index (Phi) is 5.74. The molecule has 1 aliphatic rings. The molecule has 11 nitrogen and oxygen atoms in total. The van der Waals surface area contributed by atoms with Crippen molar-refractivity contribution in [1.82, 2.24) is 9.97 Å². The van der Waals surface area contributed by atoms with Crippen LogP contribution in [0.2, 0.25) is 0 Å². The normalized spacial score (nSPS) is 28.7. The molecule has 5 atom stereocenters. The van der Waals surface area contributed by atoms with Gasteiger partial charge < -0.3 is 35.0 Å². The second kappa shape index (κ2) is 7.39. The molecule has 1 saturated heterocycles. The monoisotopic (exact) mass is 350 g/mol. The number of nitrogens with one attached hydrogen (secondary N) is 2. The molecule has 23 heavy (non-hydrogen) atoms. The van der Waals surface area contributed by atoms with E-state index in [4.69, 9.17) is 20.1 Å². The van der Waals surface area contributed by atoms with Crippen molar-refractivity contribution in [3.63, 3.8) is 0 Å². The van der Waals surface area contributed by atoms with E-state index in [1.165, 1.54) is 7.11 Å². The summed E-state index contributed by atoms with van der Waals surface area (Å²) in [5, 5.41) is 13.0. The van der Waals surface area contributed by atoms with E-state index in [9.17, 15) is 14.5 Å². The van der Waals surface area contributed by atoms with Gasteiger partial charge in [-0.15, -0.1) is 0 Å². The number of anilines is 2. The van der Waals surface area contributed by atoms with E-state index >= 15 is 0 Å². The molecule has 2 heterocycles. The first-order chi connectivity index (χ1) is 10.8. The fraction of sp³-hybridized carbons (Fsp3) is 0.636. The molecule has 130 valence electrons. The molecule has 12 heteroatoms. The van der Waals surface area contributed by atoms with Crippen LogP contribution in [-0.2, 0) is 18.6 Å². The van der Waals surface area contributed by atoms with E-state index in [1.54, 1.807) is 6.92 Å². The Bertz CT molecular complexity index is 639. The minimum atomic E-state index is -3.14. The lowest BCUT2D eigenvalue weighted by Gasteiger charge is -2.20. The Morgan fingerprint density at radius 1 is 1.57 bits per heavy atom. The predicted octanol–water partition coefficient (Wildman–Crippen LogP) is -1.43. The number of aromatic nitrogens is 2. The van der Waals surface area contributed by atoms with E-state index in [0.29, 0.717) is 0 Å². The van der Waals surface area contributed by atoms with Crippen molar-refractivity contribution in [3.8, 4) is 0 Å². The standard InChI is InChI=1S/C11H19N4O7P/c1-4-8(14-11(12)15-9(4)17)13-10-7(20-2)6(16)5(22-10)3-21-23(18)19/h5-7,10,16,23H,3H2,1-2H3,(H,18,19)(H4,12,13,14,15,17)/t5?,6-,7-,10-/m1/s1. The van der Waals surface area contributed by atoms with Crippen LogP contribution in [0.4, 0.5) is 11.8 Å². The lowest BCUT2D eigenvalue weighted by molar-refractivity contribution is -0.0111. The van der Waals surface area contributed by atoms with Gasteiger partial charge in [-0.25, -0.2) is 0 Å². The minimum Gasteiger partial charge on any atom is -0.387 e. The maximum Gasteiger partial charge on any atom is 0.316 e. The highest BCUT2D eigenvalue weighted by Crippen LogP contribution is 2.27. The molecule has 0 bridgehead atoms. The van der Waals surface area contributed by atoms with E-state index in [2.05, 4.69) is 19.8 Å². The van der Waals surface area contributed by atoms with Crippen molar-refractivity contribution >= 4 is 20.0 Å². The predicted molar refractivity (Wildman–Crippen MR) is 80.3 cm³/mol. The van der Waals surface area contributed by atoms with Gasteiger partial charge in [-0.05, 0) is 6.92 Å². The van der Waals surface area contributed by atoms with Crippen molar-refractivity contribution in [1.29, 1.82) is 0 Å². The first-order valence-electron chi connectivity index (χ1n) is 6.68. The number of methoxy groups -OCH3 is 1. The van der Waals surface area contributed by atoms with Crippen molar-refractivity contribution in [2.75, 3.05) is 24.8 Å². The Morgan fingerprint density at radius 2 is 2.26 bits per heavy atom. The van der Waals surface area contributed by atoms with E-state index in [-0.39, 0.29) is 23.9 Å². The van der Waals surface area contributed by atoms with Crippen molar-refractivity contribution < 1.29 is 28.6 Å². The molecule has 0 spiro atoms. The second-order valence-corrected chi connectivity index (χ2v) is 5.75. The average molecular weight is 350 g/mol. The third-order valence-electron chi connectivity index (χ3n) is 3.43. The Labute approximate surface area is 131 Å².